The molecule has 1 aromatic heterocycles. The number of carbonyl (C=O) groups excluding carboxylic acids is 1. The van der Waals surface area contributed by atoms with E-state index in [1.165, 1.54) is 6.07 Å². The standard InChI is InChI=1S/C14H20N2O4/c1-3-4-5-6-7-8-11(14(18)19)15-13(17)12-9-10(2)16-20-12/h3,9,11H,1,4-8H2,2H3,(H,15,17)(H,18,19). The zero-order valence-electron chi connectivity index (χ0n) is 11.6. The molecule has 6 nitrogen and oxygen atoms in total. The second kappa shape index (κ2) is 8.14. The van der Waals surface area contributed by atoms with Gasteiger partial charge in [-0.25, -0.2) is 4.79 Å². The number of allylic oxidation sites excluding steroid dienone is 1. The number of carboxylic acids is 1. The van der Waals surface area contributed by atoms with Crippen molar-refractivity contribution in [3.05, 3.63) is 30.2 Å². The number of nitrogens with zero attached hydrogens (tertiary/aromatic N) is 1. The number of hydrogen-bond acceptors (Lipinski definition) is 4. The molecule has 20 heavy (non-hydrogen) atoms. The highest BCUT2D eigenvalue weighted by atomic mass is 16.5. The van der Waals surface area contributed by atoms with Crippen LogP contribution in [0.2, 0.25) is 0 Å². The van der Waals surface area contributed by atoms with Gasteiger partial charge in [-0.05, 0) is 26.2 Å². The van der Waals surface area contributed by atoms with E-state index < -0.39 is 17.9 Å². The van der Waals surface area contributed by atoms with Crippen LogP contribution in [0.25, 0.3) is 0 Å². The summed E-state index contributed by atoms with van der Waals surface area (Å²) in [5.41, 5.74) is 0.575. The van der Waals surface area contributed by atoms with E-state index in [1.54, 1.807) is 6.92 Å². The van der Waals surface area contributed by atoms with Crippen molar-refractivity contribution in [3.63, 3.8) is 0 Å². The molecule has 0 aliphatic heterocycles. The Labute approximate surface area is 117 Å². The maximum Gasteiger partial charge on any atom is 0.326 e. The summed E-state index contributed by atoms with van der Waals surface area (Å²) >= 11 is 0. The fourth-order valence-electron chi connectivity index (χ4n) is 1.77. The van der Waals surface area contributed by atoms with Crippen molar-refractivity contribution in [3.8, 4) is 0 Å². The minimum absolute atomic E-state index is 0.0282. The number of aromatic nitrogens is 1. The third kappa shape index (κ3) is 5.26. The lowest BCUT2D eigenvalue weighted by molar-refractivity contribution is -0.139. The van der Waals surface area contributed by atoms with Crippen LogP contribution in [-0.2, 0) is 4.79 Å². The quantitative estimate of drug-likeness (QED) is 0.535. The largest absolute Gasteiger partial charge is 0.480 e. The van der Waals surface area contributed by atoms with Crippen LogP contribution >= 0.6 is 0 Å². The van der Waals surface area contributed by atoms with Gasteiger partial charge < -0.3 is 14.9 Å². The van der Waals surface area contributed by atoms with Gasteiger partial charge in [-0.15, -0.1) is 6.58 Å². The van der Waals surface area contributed by atoms with Gasteiger partial charge in [0.25, 0.3) is 5.91 Å². The van der Waals surface area contributed by atoms with Gasteiger partial charge in [0, 0.05) is 6.07 Å². The number of aliphatic carboxylic acids is 1. The zero-order chi connectivity index (χ0) is 15.0. The van der Waals surface area contributed by atoms with Gasteiger partial charge >= 0.3 is 5.97 Å². The summed E-state index contributed by atoms with van der Waals surface area (Å²) in [6.45, 7) is 5.32. The summed E-state index contributed by atoms with van der Waals surface area (Å²) in [4.78, 5) is 22.9. The molecule has 0 spiro atoms. The Morgan fingerprint density at radius 1 is 1.50 bits per heavy atom. The van der Waals surface area contributed by atoms with Crippen molar-refractivity contribution < 1.29 is 19.2 Å². The number of nitrogens with one attached hydrogen (secondary N) is 1. The number of unbranched alkanes of at least 4 members (excludes halogenated alkanes) is 3. The van der Waals surface area contributed by atoms with E-state index in [-0.39, 0.29) is 5.76 Å². The monoisotopic (exact) mass is 280 g/mol. The molecule has 2 N–H and O–H groups in total. The molecule has 0 aliphatic carbocycles. The lowest BCUT2D eigenvalue weighted by atomic mass is 10.1. The summed E-state index contributed by atoms with van der Waals surface area (Å²) in [7, 11) is 0. The first-order valence-electron chi connectivity index (χ1n) is 6.62. The molecule has 1 rings (SSSR count). The second-order valence-corrected chi connectivity index (χ2v) is 4.62. The Morgan fingerprint density at radius 3 is 2.80 bits per heavy atom. The molecule has 1 atom stereocenters. The first-order chi connectivity index (χ1) is 9.54. The summed E-state index contributed by atoms with van der Waals surface area (Å²) in [5, 5.41) is 15.1. The Bertz CT molecular complexity index is 467. The molecule has 6 heteroatoms. The lowest BCUT2D eigenvalue weighted by Gasteiger charge is -2.13. The smallest absolute Gasteiger partial charge is 0.326 e. The molecule has 1 amide bonds. The molecule has 0 fully saturated rings. The van der Waals surface area contributed by atoms with Gasteiger partial charge in [0.05, 0.1) is 5.69 Å². The van der Waals surface area contributed by atoms with Gasteiger partial charge in [0.15, 0.2) is 0 Å². The molecular formula is C14H20N2O4. The van der Waals surface area contributed by atoms with Crippen LogP contribution in [-0.4, -0.2) is 28.2 Å². The molecule has 1 heterocycles. The van der Waals surface area contributed by atoms with Gasteiger partial charge in [0.2, 0.25) is 5.76 Å². The highest BCUT2D eigenvalue weighted by molar-refractivity contribution is 5.94. The Morgan fingerprint density at radius 2 is 2.25 bits per heavy atom. The van der Waals surface area contributed by atoms with Crippen LogP contribution < -0.4 is 5.32 Å². The summed E-state index contributed by atoms with van der Waals surface area (Å²) in [6, 6.07) is 0.565. The average Bonchev–Trinajstić information content (AvgIpc) is 2.83. The highest BCUT2D eigenvalue weighted by Gasteiger charge is 2.22. The maximum absolute atomic E-state index is 11.8. The second-order valence-electron chi connectivity index (χ2n) is 4.62. The van der Waals surface area contributed by atoms with Crippen molar-refractivity contribution >= 4 is 11.9 Å². The maximum atomic E-state index is 11.8. The van der Waals surface area contributed by atoms with E-state index in [0.717, 1.165) is 25.7 Å². The average molecular weight is 280 g/mol. The van der Waals surface area contributed by atoms with Crippen molar-refractivity contribution in [2.75, 3.05) is 0 Å². The molecule has 0 bridgehead atoms. The SMILES string of the molecule is C=CCCCCCC(NC(=O)c1cc(C)no1)C(=O)O. The number of carbonyl (C=O) groups is 2. The fourth-order valence-corrected chi connectivity index (χ4v) is 1.77. The van der Waals surface area contributed by atoms with E-state index in [2.05, 4.69) is 17.1 Å². The van der Waals surface area contributed by atoms with Crippen LogP contribution in [0.15, 0.2) is 23.2 Å². The van der Waals surface area contributed by atoms with Crippen LogP contribution in [0, 0.1) is 6.92 Å². The number of rotatable bonds is 9. The molecular weight excluding hydrogens is 260 g/mol. The van der Waals surface area contributed by atoms with Gasteiger partial charge in [0.1, 0.15) is 6.04 Å². The summed E-state index contributed by atoms with van der Waals surface area (Å²) < 4.78 is 4.80. The summed E-state index contributed by atoms with van der Waals surface area (Å²) in [6.07, 6.45) is 5.77. The van der Waals surface area contributed by atoms with E-state index in [1.807, 2.05) is 6.08 Å². The van der Waals surface area contributed by atoms with Crippen molar-refractivity contribution in [1.29, 1.82) is 0 Å². The molecule has 0 saturated heterocycles. The van der Waals surface area contributed by atoms with Gasteiger partial charge in [-0.1, -0.05) is 24.1 Å². The number of hydrogen-bond donors (Lipinski definition) is 2. The molecule has 1 aromatic rings. The molecule has 0 radical (unpaired) electrons. The lowest BCUT2D eigenvalue weighted by Crippen LogP contribution is -2.40. The zero-order valence-corrected chi connectivity index (χ0v) is 11.6. The van der Waals surface area contributed by atoms with E-state index in [9.17, 15) is 9.59 Å². The van der Waals surface area contributed by atoms with Crippen molar-refractivity contribution in [2.24, 2.45) is 0 Å². The molecule has 0 saturated carbocycles. The molecule has 0 aromatic carbocycles. The third-order valence-electron chi connectivity index (χ3n) is 2.86. The number of amides is 1. The molecule has 1 unspecified atom stereocenters. The normalized spacial score (nSPS) is 11.8. The van der Waals surface area contributed by atoms with E-state index in [4.69, 9.17) is 9.63 Å². The van der Waals surface area contributed by atoms with Crippen molar-refractivity contribution in [2.45, 2.75) is 45.1 Å². The van der Waals surface area contributed by atoms with Gasteiger partial charge in [-0.3, -0.25) is 4.79 Å². The molecule has 0 aliphatic rings. The first-order valence-corrected chi connectivity index (χ1v) is 6.62. The van der Waals surface area contributed by atoms with Crippen molar-refractivity contribution in [1.82, 2.24) is 10.5 Å². The number of aryl methyl sites for hydroxylation is 1. The Balaban J connectivity index is 2.44. The van der Waals surface area contributed by atoms with E-state index in [0.29, 0.717) is 12.1 Å². The van der Waals surface area contributed by atoms with Crippen LogP contribution in [0.4, 0.5) is 0 Å². The van der Waals surface area contributed by atoms with Crippen LogP contribution in [0.5, 0.6) is 0 Å². The first kappa shape index (κ1) is 15.9. The predicted octanol–water partition coefficient (Wildman–Crippen LogP) is 2.30. The highest BCUT2D eigenvalue weighted by Crippen LogP contribution is 2.08. The minimum atomic E-state index is -1.04. The predicted molar refractivity (Wildman–Crippen MR) is 73.4 cm³/mol. The topological polar surface area (TPSA) is 92.4 Å². The van der Waals surface area contributed by atoms with Crippen LogP contribution in [0.3, 0.4) is 0 Å². The minimum Gasteiger partial charge on any atom is -0.480 e. The van der Waals surface area contributed by atoms with E-state index >= 15 is 0 Å². The Kier molecular flexibility index (Phi) is 6.49. The van der Waals surface area contributed by atoms with Gasteiger partial charge in [-0.2, -0.15) is 0 Å². The Hall–Kier alpha value is -2.11. The molecule has 110 valence electrons. The third-order valence-corrected chi connectivity index (χ3v) is 2.86. The number of carboxylic acid groups (broad SMARTS) is 1. The van der Waals surface area contributed by atoms with Crippen LogP contribution in [0.1, 0.15) is 48.4 Å². The summed E-state index contributed by atoms with van der Waals surface area (Å²) in [5.74, 6) is -1.57. The fraction of sp³-hybridized carbons (Fsp3) is 0.500.